The van der Waals surface area contributed by atoms with E-state index in [1.54, 1.807) is 6.92 Å². The second-order valence-corrected chi connectivity index (χ2v) is 3.47. The van der Waals surface area contributed by atoms with Crippen LogP contribution in [0.15, 0.2) is 11.6 Å². The molecule has 2 heteroatoms. The molecule has 0 aromatic heterocycles. The van der Waals surface area contributed by atoms with Crippen LogP contribution in [0.4, 0.5) is 0 Å². The first-order chi connectivity index (χ1) is 4.29. The van der Waals surface area contributed by atoms with Gasteiger partial charge in [-0.2, -0.15) is 11.8 Å². The highest BCUT2D eigenvalue weighted by Crippen LogP contribution is 2.22. The van der Waals surface area contributed by atoms with Crippen LogP contribution >= 0.6 is 11.8 Å². The van der Waals surface area contributed by atoms with Crippen LogP contribution in [0.1, 0.15) is 13.3 Å². The van der Waals surface area contributed by atoms with Gasteiger partial charge in [0.25, 0.3) is 0 Å². The SMILES string of the molecule is CC(O)/C=C1/CCSC1. The zero-order valence-corrected chi connectivity index (χ0v) is 6.45. The molecule has 0 radical (unpaired) electrons. The molecule has 0 saturated carbocycles. The van der Waals surface area contributed by atoms with E-state index in [1.807, 2.05) is 17.8 Å². The monoisotopic (exact) mass is 144 g/mol. The molecule has 1 aliphatic rings. The minimum Gasteiger partial charge on any atom is -0.389 e. The lowest BCUT2D eigenvalue weighted by Gasteiger charge is -1.96. The Labute approximate surface area is 60.2 Å². The number of hydrogen-bond acceptors (Lipinski definition) is 2. The van der Waals surface area contributed by atoms with E-state index in [9.17, 15) is 0 Å². The Balaban J connectivity index is 2.39. The van der Waals surface area contributed by atoms with Crippen molar-refractivity contribution in [1.82, 2.24) is 0 Å². The van der Waals surface area contributed by atoms with E-state index in [0.29, 0.717) is 0 Å². The molecule has 1 fully saturated rings. The van der Waals surface area contributed by atoms with E-state index in [1.165, 1.54) is 17.7 Å². The lowest BCUT2D eigenvalue weighted by atomic mass is 10.2. The third-order valence-corrected chi connectivity index (χ3v) is 2.40. The second-order valence-electron chi connectivity index (χ2n) is 2.37. The Morgan fingerprint density at radius 2 is 2.56 bits per heavy atom. The third kappa shape index (κ3) is 2.41. The summed E-state index contributed by atoms with van der Waals surface area (Å²) in [7, 11) is 0. The molecule has 0 spiro atoms. The average Bonchev–Trinajstić information content (AvgIpc) is 2.15. The highest BCUT2D eigenvalue weighted by molar-refractivity contribution is 7.99. The van der Waals surface area contributed by atoms with Gasteiger partial charge in [0.2, 0.25) is 0 Å². The highest BCUT2D eigenvalue weighted by Gasteiger charge is 2.06. The fourth-order valence-electron chi connectivity index (χ4n) is 0.951. The van der Waals surface area contributed by atoms with Gasteiger partial charge in [0.15, 0.2) is 0 Å². The molecule has 0 amide bonds. The smallest absolute Gasteiger partial charge is 0.0695 e. The van der Waals surface area contributed by atoms with E-state index < -0.39 is 0 Å². The first-order valence-electron chi connectivity index (χ1n) is 3.24. The number of aliphatic hydroxyl groups excluding tert-OH is 1. The van der Waals surface area contributed by atoms with Crippen LogP contribution in [0.25, 0.3) is 0 Å². The molecule has 1 nitrogen and oxygen atoms in total. The fourth-order valence-corrected chi connectivity index (χ4v) is 2.00. The van der Waals surface area contributed by atoms with Gasteiger partial charge >= 0.3 is 0 Å². The average molecular weight is 144 g/mol. The summed E-state index contributed by atoms with van der Waals surface area (Å²) < 4.78 is 0. The number of aliphatic hydroxyl groups is 1. The quantitative estimate of drug-likeness (QED) is 0.562. The molecular formula is C7H12OS. The molecule has 9 heavy (non-hydrogen) atoms. The van der Waals surface area contributed by atoms with Crippen molar-refractivity contribution in [2.75, 3.05) is 11.5 Å². The molecule has 1 N–H and O–H groups in total. The van der Waals surface area contributed by atoms with Crippen molar-refractivity contribution in [2.45, 2.75) is 19.4 Å². The largest absolute Gasteiger partial charge is 0.389 e. The standard InChI is InChI=1S/C7H12OS/c1-6(8)4-7-2-3-9-5-7/h4,6,8H,2-3,5H2,1H3/b7-4-. The van der Waals surface area contributed by atoms with Gasteiger partial charge in [-0.3, -0.25) is 0 Å². The van der Waals surface area contributed by atoms with Crippen molar-refractivity contribution < 1.29 is 5.11 Å². The predicted octanol–water partition coefficient (Wildman–Crippen LogP) is 1.43. The fraction of sp³-hybridized carbons (Fsp3) is 0.714. The summed E-state index contributed by atoms with van der Waals surface area (Å²) in [5.74, 6) is 2.36. The lowest BCUT2D eigenvalue weighted by molar-refractivity contribution is 0.243. The summed E-state index contributed by atoms with van der Waals surface area (Å²) in [5, 5.41) is 8.93. The molecular weight excluding hydrogens is 132 g/mol. The zero-order valence-electron chi connectivity index (χ0n) is 5.63. The second kappa shape index (κ2) is 3.28. The van der Waals surface area contributed by atoms with Crippen LogP contribution in [-0.2, 0) is 0 Å². The van der Waals surface area contributed by atoms with Gasteiger partial charge in [-0.15, -0.1) is 0 Å². The van der Waals surface area contributed by atoms with Crippen LogP contribution in [-0.4, -0.2) is 22.7 Å². The highest BCUT2D eigenvalue weighted by atomic mass is 32.2. The molecule has 1 aliphatic heterocycles. The molecule has 0 aromatic carbocycles. The van der Waals surface area contributed by atoms with Gasteiger partial charge in [-0.1, -0.05) is 11.6 Å². The van der Waals surface area contributed by atoms with Crippen LogP contribution in [0.3, 0.4) is 0 Å². The van der Waals surface area contributed by atoms with Crippen molar-refractivity contribution >= 4 is 11.8 Å². The normalized spacial score (nSPS) is 27.1. The topological polar surface area (TPSA) is 20.2 Å². The summed E-state index contributed by atoms with van der Waals surface area (Å²) >= 11 is 1.94. The predicted molar refractivity (Wildman–Crippen MR) is 41.7 cm³/mol. The number of hydrogen-bond donors (Lipinski definition) is 1. The van der Waals surface area contributed by atoms with Gasteiger partial charge in [-0.05, 0) is 19.1 Å². The summed E-state index contributed by atoms with van der Waals surface area (Å²) in [6.07, 6.45) is 2.88. The van der Waals surface area contributed by atoms with Crippen molar-refractivity contribution in [3.8, 4) is 0 Å². The first kappa shape index (κ1) is 7.16. The Morgan fingerprint density at radius 1 is 1.78 bits per heavy atom. The minimum atomic E-state index is -0.251. The van der Waals surface area contributed by atoms with E-state index >= 15 is 0 Å². The van der Waals surface area contributed by atoms with Gasteiger partial charge < -0.3 is 5.11 Å². The molecule has 0 aromatic rings. The maximum atomic E-state index is 8.93. The van der Waals surface area contributed by atoms with Gasteiger partial charge in [0.05, 0.1) is 6.10 Å². The van der Waals surface area contributed by atoms with Crippen molar-refractivity contribution in [1.29, 1.82) is 0 Å². The Bertz CT molecular complexity index is 110. The molecule has 1 rings (SSSR count). The van der Waals surface area contributed by atoms with Crippen molar-refractivity contribution in [2.24, 2.45) is 0 Å². The Kier molecular flexibility index (Phi) is 2.61. The zero-order chi connectivity index (χ0) is 6.69. The summed E-state index contributed by atoms with van der Waals surface area (Å²) in [6, 6.07) is 0. The molecule has 52 valence electrons. The van der Waals surface area contributed by atoms with E-state index in [2.05, 4.69) is 0 Å². The van der Waals surface area contributed by atoms with Crippen molar-refractivity contribution in [3.05, 3.63) is 11.6 Å². The molecule has 0 aliphatic carbocycles. The summed E-state index contributed by atoms with van der Waals surface area (Å²) in [6.45, 7) is 1.80. The molecule has 1 atom stereocenters. The van der Waals surface area contributed by atoms with Gasteiger partial charge in [0.1, 0.15) is 0 Å². The van der Waals surface area contributed by atoms with E-state index in [-0.39, 0.29) is 6.10 Å². The van der Waals surface area contributed by atoms with Crippen LogP contribution in [0.5, 0.6) is 0 Å². The maximum absolute atomic E-state index is 8.93. The number of thioether (sulfide) groups is 1. The van der Waals surface area contributed by atoms with Crippen LogP contribution in [0, 0.1) is 0 Å². The third-order valence-electron chi connectivity index (χ3n) is 1.33. The van der Waals surface area contributed by atoms with Crippen LogP contribution < -0.4 is 0 Å². The van der Waals surface area contributed by atoms with E-state index in [4.69, 9.17) is 5.11 Å². The Hall–Kier alpha value is 0.0500. The minimum absolute atomic E-state index is 0.251. The maximum Gasteiger partial charge on any atom is 0.0695 e. The molecule has 1 heterocycles. The number of rotatable bonds is 1. The lowest BCUT2D eigenvalue weighted by Crippen LogP contribution is -1.95. The molecule has 0 bridgehead atoms. The Morgan fingerprint density at radius 3 is 3.00 bits per heavy atom. The van der Waals surface area contributed by atoms with Crippen LogP contribution in [0.2, 0.25) is 0 Å². The first-order valence-corrected chi connectivity index (χ1v) is 4.40. The van der Waals surface area contributed by atoms with Gasteiger partial charge in [-0.25, -0.2) is 0 Å². The molecule has 1 unspecified atom stereocenters. The molecule has 1 saturated heterocycles. The van der Waals surface area contributed by atoms with E-state index in [0.717, 1.165) is 5.75 Å². The summed E-state index contributed by atoms with van der Waals surface area (Å²) in [5.41, 5.74) is 1.41. The summed E-state index contributed by atoms with van der Waals surface area (Å²) in [4.78, 5) is 0. The van der Waals surface area contributed by atoms with Crippen molar-refractivity contribution in [3.63, 3.8) is 0 Å². The van der Waals surface area contributed by atoms with Gasteiger partial charge in [0, 0.05) is 5.75 Å².